The molecular formula is C18H28FN3O2. The Bertz CT molecular complexity index is 559. The molecule has 1 saturated heterocycles. The molecule has 6 heteroatoms. The Labute approximate surface area is 143 Å². The summed E-state index contributed by atoms with van der Waals surface area (Å²) in [6.07, 6.45) is 2.24. The fourth-order valence-corrected chi connectivity index (χ4v) is 3.05. The lowest BCUT2D eigenvalue weighted by molar-refractivity contribution is 0.168. The minimum atomic E-state index is -0.421. The first-order valence-corrected chi connectivity index (χ1v) is 8.44. The Morgan fingerprint density at radius 3 is 2.71 bits per heavy atom. The second kappa shape index (κ2) is 8.33. The predicted octanol–water partition coefficient (Wildman–Crippen LogP) is 2.88. The summed E-state index contributed by atoms with van der Waals surface area (Å²) >= 11 is 0. The second-order valence-corrected chi connectivity index (χ2v) is 6.69. The number of benzene rings is 1. The van der Waals surface area contributed by atoms with Crippen LogP contribution in [0.2, 0.25) is 0 Å². The molecule has 1 fully saturated rings. The van der Waals surface area contributed by atoms with E-state index in [2.05, 4.69) is 17.3 Å². The lowest BCUT2D eigenvalue weighted by Crippen LogP contribution is -2.43. The summed E-state index contributed by atoms with van der Waals surface area (Å²) in [5, 5.41) is 2.93. The highest BCUT2D eigenvalue weighted by Crippen LogP contribution is 2.22. The van der Waals surface area contributed by atoms with Crippen molar-refractivity contribution in [2.45, 2.75) is 25.8 Å². The number of ether oxygens (including phenoxy) is 1. The first kappa shape index (κ1) is 18.5. The first-order valence-electron chi connectivity index (χ1n) is 8.44. The molecule has 1 atom stereocenters. The topological polar surface area (TPSA) is 44.8 Å². The summed E-state index contributed by atoms with van der Waals surface area (Å²) in [6.45, 7) is 4.77. The van der Waals surface area contributed by atoms with Gasteiger partial charge < -0.3 is 19.9 Å². The van der Waals surface area contributed by atoms with Gasteiger partial charge in [-0.15, -0.1) is 0 Å². The quantitative estimate of drug-likeness (QED) is 0.898. The number of piperidine rings is 1. The van der Waals surface area contributed by atoms with E-state index in [0.29, 0.717) is 11.5 Å². The van der Waals surface area contributed by atoms with E-state index in [0.717, 1.165) is 32.5 Å². The van der Waals surface area contributed by atoms with Crippen molar-refractivity contribution in [1.29, 1.82) is 0 Å². The van der Waals surface area contributed by atoms with Gasteiger partial charge in [0.05, 0.1) is 13.2 Å². The lowest BCUT2D eigenvalue weighted by atomic mass is 9.97. The number of hydrogen-bond donors (Lipinski definition) is 1. The summed E-state index contributed by atoms with van der Waals surface area (Å²) in [4.78, 5) is 16.4. The van der Waals surface area contributed by atoms with Crippen molar-refractivity contribution in [1.82, 2.24) is 15.1 Å². The fraction of sp³-hybridized carbons (Fsp3) is 0.611. The predicted molar refractivity (Wildman–Crippen MR) is 92.7 cm³/mol. The van der Waals surface area contributed by atoms with Crippen molar-refractivity contribution in [2.75, 3.05) is 40.8 Å². The Morgan fingerprint density at radius 2 is 2.12 bits per heavy atom. The second-order valence-electron chi connectivity index (χ2n) is 6.69. The van der Waals surface area contributed by atoms with Crippen molar-refractivity contribution >= 4 is 6.03 Å². The SMILES string of the molecule is COc1ccc([C@@H](C)NC(=O)N(C)CC2CCN(C)CC2)cc1F. The molecule has 1 heterocycles. The summed E-state index contributed by atoms with van der Waals surface area (Å²) < 4.78 is 18.7. The van der Waals surface area contributed by atoms with Gasteiger partial charge in [0.1, 0.15) is 0 Å². The van der Waals surface area contributed by atoms with E-state index in [1.165, 1.54) is 13.2 Å². The Kier molecular flexibility index (Phi) is 6.43. The van der Waals surface area contributed by atoms with Gasteiger partial charge in [0.25, 0.3) is 0 Å². The number of carbonyl (C=O) groups excluding carboxylic acids is 1. The van der Waals surface area contributed by atoms with E-state index < -0.39 is 5.82 Å². The van der Waals surface area contributed by atoms with Gasteiger partial charge in [-0.25, -0.2) is 9.18 Å². The number of likely N-dealkylation sites (tertiary alicyclic amines) is 1. The normalized spacial score (nSPS) is 17.4. The smallest absolute Gasteiger partial charge is 0.317 e. The monoisotopic (exact) mass is 337 g/mol. The summed E-state index contributed by atoms with van der Waals surface area (Å²) in [6, 6.07) is 4.36. The average Bonchev–Trinajstić information content (AvgIpc) is 2.56. The highest BCUT2D eigenvalue weighted by molar-refractivity contribution is 5.74. The Hall–Kier alpha value is -1.82. The number of methoxy groups -OCH3 is 1. The minimum Gasteiger partial charge on any atom is -0.494 e. The van der Waals surface area contributed by atoms with Crippen LogP contribution in [0.3, 0.4) is 0 Å². The number of carbonyl (C=O) groups is 1. The van der Waals surface area contributed by atoms with Gasteiger partial charge in [-0.1, -0.05) is 6.07 Å². The molecule has 1 aromatic carbocycles. The zero-order valence-electron chi connectivity index (χ0n) is 15.0. The third kappa shape index (κ3) is 4.84. The van der Waals surface area contributed by atoms with Crippen molar-refractivity contribution in [3.05, 3.63) is 29.6 Å². The van der Waals surface area contributed by atoms with E-state index in [1.807, 2.05) is 14.0 Å². The van der Waals surface area contributed by atoms with Crippen LogP contribution in [0.15, 0.2) is 18.2 Å². The van der Waals surface area contributed by atoms with Gasteiger partial charge in [0.15, 0.2) is 11.6 Å². The van der Waals surface area contributed by atoms with E-state index in [-0.39, 0.29) is 17.8 Å². The van der Waals surface area contributed by atoms with Gasteiger partial charge in [0, 0.05) is 13.6 Å². The molecule has 0 spiro atoms. The third-order valence-corrected chi connectivity index (χ3v) is 4.73. The molecule has 2 amide bonds. The van der Waals surface area contributed by atoms with Gasteiger partial charge in [-0.2, -0.15) is 0 Å². The Morgan fingerprint density at radius 1 is 1.46 bits per heavy atom. The molecule has 24 heavy (non-hydrogen) atoms. The summed E-state index contributed by atoms with van der Waals surface area (Å²) in [5.74, 6) is 0.332. The van der Waals surface area contributed by atoms with Crippen molar-refractivity contribution in [3.63, 3.8) is 0 Å². The molecular weight excluding hydrogens is 309 g/mol. The van der Waals surface area contributed by atoms with Crippen LogP contribution in [0, 0.1) is 11.7 Å². The molecule has 0 aromatic heterocycles. The molecule has 0 bridgehead atoms. The molecule has 2 rings (SSSR count). The van der Waals surface area contributed by atoms with Crippen LogP contribution in [0.1, 0.15) is 31.4 Å². The van der Waals surface area contributed by atoms with Crippen molar-refractivity contribution in [2.24, 2.45) is 5.92 Å². The lowest BCUT2D eigenvalue weighted by Gasteiger charge is -2.32. The average molecular weight is 337 g/mol. The van der Waals surface area contributed by atoms with Crippen LogP contribution in [0.4, 0.5) is 9.18 Å². The first-order chi connectivity index (χ1) is 11.4. The summed E-state index contributed by atoms with van der Waals surface area (Å²) in [7, 11) is 5.37. The number of urea groups is 1. The zero-order valence-corrected chi connectivity index (χ0v) is 15.0. The summed E-state index contributed by atoms with van der Waals surface area (Å²) in [5.41, 5.74) is 0.717. The molecule has 5 nitrogen and oxygen atoms in total. The number of nitrogens with zero attached hydrogens (tertiary/aromatic N) is 2. The highest BCUT2D eigenvalue weighted by atomic mass is 19.1. The van der Waals surface area contributed by atoms with Crippen LogP contribution < -0.4 is 10.1 Å². The number of amides is 2. The van der Waals surface area contributed by atoms with E-state index in [9.17, 15) is 9.18 Å². The zero-order chi connectivity index (χ0) is 17.7. The van der Waals surface area contributed by atoms with Crippen molar-refractivity contribution < 1.29 is 13.9 Å². The number of hydrogen-bond acceptors (Lipinski definition) is 3. The van der Waals surface area contributed by atoms with Crippen LogP contribution in [-0.2, 0) is 0 Å². The Balaban J connectivity index is 1.87. The highest BCUT2D eigenvalue weighted by Gasteiger charge is 2.21. The minimum absolute atomic E-state index is 0.127. The van der Waals surface area contributed by atoms with Gasteiger partial charge in [-0.3, -0.25) is 0 Å². The maximum absolute atomic E-state index is 13.8. The fourth-order valence-electron chi connectivity index (χ4n) is 3.05. The van der Waals surface area contributed by atoms with Crippen LogP contribution >= 0.6 is 0 Å². The molecule has 0 aliphatic carbocycles. The standard InChI is InChI=1S/C18H28FN3O2/c1-13(15-5-6-17(24-4)16(19)11-15)20-18(23)22(3)12-14-7-9-21(2)10-8-14/h5-6,11,13-14H,7-10,12H2,1-4H3,(H,20,23)/t13-/m1/s1. The number of nitrogens with one attached hydrogen (secondary N) is 1. The largest absolute Gasteiger partial charge is 0.494 e. The molecule has 1 aliphatic heterocycles. The molecule has 134 valence electrons. The maximum Gasteiger partial charge on any atom is 0.317 e. The molecule has 0 radical (unpaired) electrons. The molecule has 1 N–H and O–H groups in total. The van der Waals surface area contributed by atoms with Crippen LogP contribution in [-0.4, -0.2) is 56.7 Å². The molecule has 1 aliphatic rings. The van der Waals surface area contributed by atoms with E-state index >= 15 is 0 Å². The number of halogens is 1. The van der Waals surface area contributed by atoms with E-state index in [1.54, 1.807) is 17.0 Å². The van der Waals surface area contributed by atoms with Crippen molar-refractivity contribution in [3.8, 4) is 5.75 Å². The number of rotatable bonds is 5. The van der Waals surface area contributed by atoms with E-state index in [4.69, 9.17) is 4.74 Å². The molecule has 0 saturated carbocycles. The third-order valence-electron chi connectivity index (χ3n) is 4.73. The van der Waals surface area contributed by atoms with Crippen LogP contribution in [0.5, 0.6) is 5.75 Å². The maximum atomic E-state index is 13.8. The molecule has 1 aromatic rings. The van der Waals surface area contributed by atoms with Gasteiger partial charge in [-0.05, 0) is 63.5 Å². The van der Waals surface area contributed by atoms with Crippen LogP contribution in [0.25, 0.3) is 0 Å². The van der Waals surface area contributed by atoms with Gasteiger partial charge >= 0.3 is 6.03 Å². The van der Waals surface area contributed by atoms with Gasteiger partial charge in [0.2, 0.25) is 0 Å². The molecule has 0 unspecified atom stereocenters.